The van der Waals surface area contributed by atoms with Crippen molar-refractivity contribution < 1.29 is 13.2 Å². The van der Waals surface area contributed by atoms with Crippen LogP contribution in [0.2, 0.25) is 14.4 Å². The van der Waals surface area contributed by atoms with E-state index in [-0.39, 0.29) is 35.8 Å². The number of carbonyl (C=O) groups excluding carboxylic acids is 1. The SMILES string of the molecule is O=C(Nc1ccc(-n2c(=O)[nH]c3cc(Cl)ccc3c2=O)c(Cl)c1)NS(=O)(=O)c1ccc(Cl)s1. The Balaban J connectivity index is 1.62. The summed E-state index contributed by atoms with van der Waals surface area (Å²) < 4.78 is 27.3. The van der Waals surface area contributed by atoms with Crippen LogP contribution < -0.4 is 21.3 Å². The Morgan fingerprint density at radius 3 is 2.42 bits per heavy atom. The van der Waals surface area contributed by atoms with Gasteiger partial charge in [0.25, 0.3) is 15.6 Å². The number of sulfonamides is 1. The van der Waals surface area contributed by atoms with Crippen molar-refractivity contribution in [3.05, 3.63) is 83.8 Å². The fourth-order valence-corrected chi connectivity index (χ4v) is 5.77. The Labute approximate surface area is 204 Å². The van der Waals surface area contributed by atoms with Crippen molar-refractivity contribution in [3.8, 4) is 5.69 Å². The summed E-state index contributed by atoms with van der Waals surface area (Å²) in [6.45, 7) is 0. The summed E-state index contributed by atoms with van der Waals surface area (Å²) in [5.74, 6) is 0. The fourth-order valence-electron chi connectivity index (χ4n) is 2.95. The van der Waals surface area contributed by atoms with E-state index in [9.17, 15) is 22.8 Å². The Hall–Kier alpha value is -2.83. The average Bonchev–Trinajstić information content (AvgIpc) is 3.16. The molecule has 4 rings (SSSR count). The van der Waals surface area contributed by atoms with Crippen molar-refractivity contribution in [1.82, 2.24) is 14.3 Å². The van der Waals surface area contributed by atoms with Gasteiger partial charge >= 0.3 is 11.7 Å². The average molecular weight is 546 g/mol. The van der Waals surface area contributed by atoms with Gasteiger partial charge in [-0.15, -0.1) is 11.3 Å². The Morgan fingerprint density at radius 1 is 1.00 bits per heavy atom. The van der Waals surface area contributed by atoms with Crippen molar-refractivity contribution in [2.45, 2.75) is 4.21 Å². The maximum atomic E-state index is 12.9. The molecule has 33 heavy (non-hydrogen) atoms. The first-order valence-corrected chi connectivity index (χ1v) is 12.3. The number of benzene rings is 2. The van der Waals surface area contributed by atoms with Crippen molar-refractivity contribution in [3.63, 3.8) is 0 Å². The molecule has 0 saturated carbocycles. The van der Waals surface area contributed by atoms with Crippen LogP contribution in [0.1, 0.15) is 0 Å². The zero-order valence-corrected chi connectivity index (χ0v) is 20.0. The number of amides is 2. The topological polar surface area (TPSA) is 130 Å². The molecule has 170 valence electrons. The molecule has 2 amide bonds. The lowest BCUT2D eigenvalue weighted by Gasteiger charge is -2.11. The van der Waals surface area contributed by atoms with Crippen LogP contribution in [0.3, 0.4) is 0 Å². The third kappa shape index (κ3) is 4.77. The summed E-state index contributed by atoms with van der Waals surface area (Å²) in [5.41, 5.74) is -0.903. The lowest BCUT2D eigenvalue weighted by molar-refractivity contribution is 0.256. The molecule has 0 atom stereocenters. The fraction of sp³-hybridized carbons (Fsp3) is 0. The lowest BCUT2D eigenvalue weighted by atomic mass is 10.2. The number of nitrogens with zero attached hydrogens (tertiary/aromatic N) is 1. The lowest BCUT2D eigenvalue weighted by Crippen LogP contribution is -2.34. The number of urea groups is 1. The van der Waals surface area contributed by atoms with Crippen LogP contribution in [-0.2, 0) is 10.0 Å². The van der Waals surface area contributed by atoms with E-state index in [2.05, 4.69) is 10.3 Å². The molecule has 0 aliphatic heterocycles. The monoisotopic (exact) mass is 544 g/mol. The largest absolute Gasteiger partial charge is 0.333 e. The Kier molecular flexibility index (Phi) is 6.25. The number of aromatic amines is 1. The molecule has 0 bridgehead atoms. The molecular weight excluding hydrogens is 535 g/mol. The van der Waals surface area contributed by atoms with Crippen molar-refractivity contribution in [1.29, 1.82) is 0 Å². The molecule has 0 aliphatic rings. The van der Waals surface area contributed by atoms with Gasteiger partial charge < -0.3 is 10.3 Å². The van der Waals surface area contributed by atoms with E-state index in [0.29, 0.717) is 5.02 Å². The number of nitrogens with one attached hydrogen (secondary N) is 3. The van der Waals surface area contributed by atoms with Crippen molar-refractivity contribution in [2.24, 2.45) is 0 Å². The summed E-state index contributed by atoms with van der Waals surface area (Å²) in [6.07, 6.45) is 0. The smallest absolute Gasteiger partial charge is 0.307 e. The molecule has 0 radical (unpaired) electrons. The molecule has 14 heteroatoms. The second kappa shape index (κ2) is 8.84. The highest BCUT2D eigenvalue weighted by molar-refractivity contribution is 7.92. The number of anilines is 1. The van der Waals surface area contributed by atoms with Gasteiger partial charge in [0.2, 0.25) is 0 Å². The van der Waals surface area contributed by atoms with Crippen LogP contribution in [0, 0.1) is 0 Å². The summed E-state index contributed by atoms with van der Waals surface area (Å²) in [5, 5.41) is 2.86. The second-order valence-electron chi connectivity index (χ2n) is 6.54. The molecular formula is C19H11Cl3N4O5S2. The quantitative estimate of drug-likeness (QED) is 0.354. The first-order chi connectivity index (χ1) is 15.5. The van der Waals surface area contributed by atoms with E-state index in [1.807, 2.05) is 4.72 Å². The highest BCUT2D eigenvalue weighted by Gasteiger charge is 2.20. The van der Waals surface area contributed by atoms with E-state index in [4.69, 9.17) is 34.8 Å². The molecule has 0 aliphatic carbocycles. The van der Waals surface area contributed by atoms with E-state index < -0.39 is 27.3 Å². The van der Waals surface area contributed by atoms with E-state index >= 15 is 0 Å². The normalized spacial score (nSPS) is 11.5. The summed E-state index contributed by atoms with van der Waals surface area (Å²) in [4.78, 5) is 40.1. The van der Waals surface area contributed by atoms with Crippen LogP contribution >= 0.6 is 46.1 Å². The number of fused-ring (bicyclic) bond motifs is 1. The molecule has 0 fully saturated rings. The second-order valence-corrected chi connectivity index (χ2v) is 11.0. The minimum Gasteiger partial charge on any atom is -0.307 e. The van der Waals surface area contributed by atoms with Crippen LogP contribution in [0.5, 0.6) is 0 Å². The summed E-state index contributed by atoms with van der Waals surface area (Å²) >= 11 is 18.7. The molecule has 9 nitrogen and oxygen atoms in total. The van der Waals surface area contributed by atoms with Gasteiger partial charge in [-0.25, -0.2) is 27.3 Å². The van der Waals surface area contributed by atoms with E-state index in [0.717, 1.165) is 15.9 Å². The molecule has 3 N–H and O–H groups in total. The molecule has 0 spiro atoms. The first kappa shape index (κ1) is 23.3. The van der Waals surface area contributed by atoms with Crippen molar-refractivity contribution >= 4 is 78.8 Å². The predicted octanol–water partition coefficient (Wildman–Crippen LogP) is 4.21. The third-order valence-electron chi connectivity index (χ3n) is 4.35. The maximum absolute atomic E-state index is 12.9. The van der Waals surface area contributed by atoms with Crippen molar-refractivity contribution in [2.75, 3.05) is 5.32 Å². The van der Waals surface area contributed by atoms with E-state index in [1.54, 1.807) is 0 Å². The van der Waals surface area contributed by atoms with Gasteiger partial charge in [-0.2, -0.15) is 0 Å². The number of carbonyl (C=O) groups is 1. The molecule has 2 heterocycles. The molecule has 4 aromatic rings. The van der Waals surface area contributed by atoms with Gasteiger partial charge in [0.15, 0.2) is 0 Å². The molecule has 0 saturated heterocycles. The molecule has 2 aromatic heterocycles. The van der Waals surface area contributed by atoms with E-state index in [1.165, 1.54) is 48.5 Å². The minimum atomic E-state index is -4.12. The van der Waals surface area contributed by atoms with Gasteiger partial charge in [-0.3, -0.25) is 4.79 Å². The number of rotatable bonds is 4. The Bertz CT molecular complexity index is 1640. The van der Waals surface area contributed by atoms with Gasteiger partial charge in [0, 0.05) is 10.7 Å². The standard InChI is InChI=1S/C19H11Cl3N4O5S2/c20-9-1-3-11-13(7-9)24-19(29)26(17(11)27)14-4-2-10(8-12(14)21)23-18(28)25-33(30,31)16-6-5-15(22)32-16/h1-8H,(H,24,29)(H2,23,25,28). The zero-order chi connectivity index (χ0) is 23.9. The van der Waals surface area contributed by atoms with Gasteiger partial charge in [-0.05, 0) is 48.5 Å². The van der Waals surface area contributed by atoms with Crippen LogP contribution in [0.15, 0.2) is 62.3 Å². The minimum absolute atomic E-state index is 0.0402. The van der Waals surface area contributed by atoms with Gasteiger partial charge in [-0.1, -0.05) is 34.8 Å². The number of hydrogen-bond donors (Lipinski definition) is 3. The highest BCUT2D eigenvalue weighted by atomic mass is 35.5. The molecule has 0 unspecified atom stereocenters. The maximum Gasteiger partial charge on any atom is 0.333 e. The summed E-state index contributed by atoms with van der Waals surface area (Å²) in [7, 11) is -4.12. The Morgan fingerprint density at radius 2 is 1.76 bits per heavy atom. The number of thiophene rings is 1. The van der Waals surface area contributed by atoms with Gasteiger partial charge in [0.05, 0.1) is 25.9 Å². The number of halogens is 3. The third-order valence-corrected chi connectivity index (χ3v) is 7.94. The first-order valence-electron chi connectivity index (χ1n) is 8.89. The van der Waals surface area contributed by atoms with Crippen LogP contribution in [-0.4, -0.2) is 24.0 Å². The van der Waals surface area contributed by atoms with Gasteiger partial charge in [0.1, 0.15) is 4.21 Å². The highest BCUT2D eigenvalue weighted by Crippen LogP contribution is 2.26. The number of aromatic nitrogens is 2. The summed E-state index contributed by atoms with van der Waals surface area (Å²) in [6, 6.07) is 10.0. The molecule has 2 aromatic carbocycles. The van der Waals surface area contributed by atoms with Crippen LogP contribution in [0.25, 0.3) is 16.6 Å². The van der Waals surface area contributed by atoms with Crippen LogP contribution in [0.4, 0.5) is 10.5 Å². The zero-order valence-electron chi connectivity index (χ0n) is 16.1. The predicted molar refractivity (Wildman–Crippen MR) is 129 cm³/mol. The number of H-pyrrole nitrogens is 1. The number of hydrogen-bond acceptors (Lipinski definition) is 6.